The summed E-state index contributed by atoms with van der Waals surface area (Å²) in [6.07, 6.45) is 5.23. The van der Waals surface area contributed by atoms with E-state index in [9.17, 15) is 4.79 Å². The van der Waals surface area contributed by atoms with Gasteiger partial charge in [0, 0.05) is 46.6 Å². The Bertz CT molecular complexity index is 1060. The summed E-state index contributed by atoms with van der Waals surface area (Å²) in [7, 11) is 0. The van der Waals surface area contributed by atoms with E-state index in [2.05, 4.69) is 25.5 Å². The van der Waals surface area contributed by atoms with E-state index in [4.69, 9.17) is 11.6 Å². The van der Waals surface area contributed by atoms with Gasteiger partial charge < -0.3 is 10.3 Å². The number of aromatic amines is 1. The topological polar surface area (TPSA) is 83.6 Å². The zero-order valence-electron chi connectivity index (χ0n) is 13.6. The number of amides is 1. The number of benzene rings is 1. The van der Waals surface area contributed by atoms with Crippen LogP contribution < -0.4 is 5.32 Å². The van der Waals surface area contributed by atoms with Gasteiger partial charge in [-0.05, 0) is 48.0 Å². The molecule has 1 amide bonds. The van der Waals surface area contributed by atoms with Crippen molar-refractivity contribution in [2.45, 2.75) is 6.54 Å². The molecule has 4 rings (SSSR count). The van der Waals surface area contributed by atoms with E-state index in [0.29, 0.717) is 17.3 Å². The number of carbonyl (C=O) groups is 1. The van der Waals surface area contributed by atoms with Gasteiger partial charge in [-0.1, -0.05) is 11.6 Å². The molecule has 0 unspecified atom stereocenters. The summed E-state index contributed by atoms with van der Waals surface area (Å²) >= 11 is 6.05. The summed E-state index contributed by atoms with van der Waals surface area (Å²) in [4.78, 5) is 19.5. The van der Waals surface area contributed by atoms with Crippen molar-refractivity contribution in [2.24, 2.45) is 0 Å². The lowest BCUT2D eigenvalue weighted by Gasteiger charge is -2.05. The highest BCUT2D eigenvalue weighted by molar-refractivity contribution is 6.31. The van der Waals surface area contributed by atoms with Crippen LogP contribution in [0.5, 0.6) is 0 Å². The van der Waals surface area contributed by atoms with Crippen LogP contribution in [0.1, 0.15) is 16.1 Å². The molecule has 0 saturated carbocycles. The van der Waals surface area contributed by atoms with Gasteiger partial charge in [0.15, 0.2) is 5.69 Å². The molecule has 0 saturated heterocycles. The Hall–Kier alpha value is -3.25. The molecule has 7 heteroatoms. The molecule has 1 aromatic carbocycles. The Labute approximate surface area is 154 Å². The minimum absolute atomic E-state index is 0.265. The van der Waals surface area contributed by atoms with Gasteiger partial charge in [-0.25, -0.2) is 0 Å². The van der Waals surface area contributed by atoms with Crippen molar-refractivity contribution in [1.82, 2.24) is 25.5 Å². The Morgan fingerprint density at radius 1 is 1.08 bits per heavy atom. The fraction of sp³-hybridized carbons (Fsp3) is 0.0526. The number of H-pyrrole nitrogens is 1. The number of halogens is 1. The maximum absolute atomic E-state index is 12.3. The summed E-state index contributed by atoms with van der Waals surface area (Å²) in [5, 5.41) is 12.6. The maximum atomic E-state index is 12.3. The minimum atomic E-state index is -0.282. The van der Waals surface area contributed by atoms with Crippen molar-refractivity contribution in [3.05, 3.63) is 77.3 Å². The molecule has 0 bridgehead atoms. The molecule has 128 valence electrons. The van der Waals surface area contributed by atoms with Crippen LogP contribution in [0, 0.1) is 0 Å². The number of hydrogen-bond donors (Lipinski definition) is 2. The van der Waals surface area contributed by atoms with Gasteiger partial charge in [-0.2, -0.15) is 0 Å². The molecule has 3 heterocycles. The number of nitrogens with one attached hydrogen (secondary N) is 2. The number of hydrogen-bond acceptors (Lipinski definition) is 4. The molecular formula is C19H14ClN5O. The highest BCUT2D eigenvalue weighted by Crippen LogP contribution is 2.22. The van der Waals surface area contributed by atoms with E-state index in [0.717, 1.165) is 22.0 Å². The van der Waals surface area contributed by atoms with Gasteiger partial charge in [-0.3, -0.25) is 9.78 Å². The quantitative estimate of drug-likeness (QED) is 0.580. The van der Waals surface area contributed by atoms with Gasteiger partial charge in [0.2, 0.25) is 0 Å². The first-order valence-electron chi connectivity index (χ1n) is 7.98. The van der Waals surface area contributed by atoms with Crippen molar-refractivity contribution < 1.29 is 4.79 Å². The highest BCUT2D eigenvalue weighted by Gasteiger charge is 2.11. The van der Waals surface area contributed by atoms with Crippen LogP contribution in [-0.4, -0.2) is 26.1 Å². The van der Waals surface area contributed by atoms with E-state index in [1.165, 1.54) is 0 Å². The molecule has 0 atom stereocenters. The summed E-state index contributed by atoms with van der Waals surface area (Å²) in [6.45, 7) is 0.368. The van der Waals surface area contributed by atoms with Gasteiger partial charge in [0.25, 0.3) is 5.91 Å². The monoisotopic (exact) mass is 363 g/mol. The zero-order valence-corrected chi connectivity index (χ0v) is 14.4. The number of carbonyl (C=O) groups excluding carboxylic acids is 1. The highest BCUT2D eigenvalue weighted by atomic mass is 35.5. The van der Waals surface area contributed by atoms with Crippen molar-refractivity contribution in [3.63, 3.8) is 0 Å². The van der Waals surface area contributed by atoms with Crippen molar-refractivity contribution in [3.8, 4) is 11.3 Å². The van der Waals surface area contributed by atoms with Crippen LogP contribution in [0.15, 0.2) is 61.1 Å². The fourth-order valence-electron chi connectivity index (χ4n) is 2.69. The van der Waals surface area contributed by atoms with Crippen molar-refractivity contribution in [1.29, 1.82) is 0 Å². The van der Waals surface area contributed by atoms with Crippen LogP contribution in [0.25, 0.3) is 22.2 Å². The molecule has 4 aromatic rings. The lowest BCUT2D eigenvalue weighted by Crippen LogP contribution is -2.24. The summed E-state index contributed by atoms with van der Waals surface area (Å²) in [5.74, 6) is -0.282. The number of aromatic nitrogens is 4. The minimum Gasteiger partial charge on any atom is -0.361 e. The second-order valence-corrected chi connectivity index (χ2v) is 6.16. The number of rotatable bonds is 4. The van der Waals surface area contributed by atoms with E-state index in [-0.39, 0.29) is 11.6 Å². The SMILES string of the molecule is O=C(NCc1c[nH]c2ccc(Cl)cc12)c1ccc(-c2ccncc2)nn1. The van der Waals surface area contributed by atoms with Crippen LogP contribution in [0.2, 0.25) is 5.02 Å². The molecule has 3 aromatic heterocycles. The van der Waals surface area contributed by atoms with E-state index < -0.39 is 0 Å². The Morgan fingerprint density at radius 2 is 1.92 bits per heavy atom. The summed E-state index contributed by atoms with van der Waals surface area (Å²) < 4.78 is 0. The smallest absolute Gasteiger partial charge is 0.272 e. The standard InChI is InChI=1S/C19H14ClN5O/c20-14-1-2-17-15(9-14)13(10-22-17)11-23-19(26)18-4-3-16(24-25-18)12-5-7-21-8-6-12/h1-10,22H,11H2,(H,23,26). The molecule has 0 spiro atoms. The second kappa shape index (κ2) is 6.93. The Morgan fingerprint density at radius 3 is 2.69 bits per heavy atom. The first kappa shape index (κ1) is 16.2. The van der Waals surface area contributed by atoms with Crippen LogP contribution in [0.4, 0.5) is 0 Å². The summed E-state index contributed by atoms with van der Waals surface area (Å²) in [6, 6.07) is 12.7. The van der Waals surface area contributed by atoms with Crippen molar-refractivity contribution >= 4 is 28.4 Å². The maximum Gasteiger partial charge on any atom is 0.272 e. The van der Waals surface area contributed by atoms with Gasteiger partial charge in [0.1, 0.15) is 0 Å². The second-order valence-electron chi connectivity index (χ2n) is 5.73. The van der Waals surface area contributed by atoms with E-state index >= 15 is 0 Å². The molecule has 6 nitrogen and oxygen atoms in total. The van der Waals surface area contributed by atoms with E-state index in [1.54, 1.807) is 24.5 Å². The number of pyridine rings is 1. The van der Waals surface area contributed by atoms with Gasteiger partial charge >= 0.3 is 0 Å². The molecule has 0 fully saturated rings. The van der Waals surface area contributed by atoms with E-state index in [1.807, 2.05) is 36.5 Å². The van der Waals surface area contributed by atoms with Crippen molar-refractivity contribution in [2.75, 3.05) is 0 Å². The van der Waals surface area contributed by atoms with Crippen LogP contribution in [-0.2, 0) is 6.54 Å². The predicted molar refractivity (Wildman–Crippen MR) is 99.7 cm³/mol. The first-order chi connectivity index (χ1) is 12.7. The van der Waals surface area contributed by atoms with Crippen LogP contribution in [0.3, 0.4) is 0 Å². The molecule has 0 aliphatic rings. The third-order valence-corrected chi connectivity index (χ3v) is 4.28. The molecule has 0 aliphatic carbocycles. The molecule has 2 N–H and O–H groups in total. The molecule has 0 radical (unpaired) electrons. The zero-order chi connectivity index (χ0) is 17.9. The lowest BCUT2D eigenvalue weighted by molar-refractivity contribution is 0.0945. The largest absolute Gasteiger partial charge is 0.361 e. The normalized spacial score (nSPS) is 10.8. The number of nitrogens with zero attached hydrogens (tertiary/aromatic N) is 3. The lowest BCUT2D eigenvalue weighted by atomic mass is 10.1. The third kappa shape index (κ3) is 3.27. The van der Waals surface area contributed by atoms with Crippen LogP contribution >= 0.6 is 11.6 Å². The Kier molecular flexibility index (Phi) is 4.33. The van der Waals surface area contributed by atoms with Gasteiger partial charge in [0.05, 0.1) is 5.69 Å². The average Bonchev–Trinajstić information content (AvgIpc) is 3.09. The Balaban J connectivity index is 1.47. The summed E-state index contributed by atoms with van der Waals surface area (Å²) in [5.41, 5.74) is 3.78. The molecule has 26 heavy (non-hydrogen) atoms. The fourth-order valence-corrected chi connectivity index (χ4v) is 2.87. The van der Waals surface area contributed by atoms with Gasteiger partial charge in [-0.15, -0.1) is 10.2 Å². The third-order valence-electron chi connectivity index (χ3n) is 4.04. The number of fused-ring (bicyclic) bond motifs is 1. The average molecular weight is 364 g/mol. The first-order valence-corrected chi connectivity index (χ1v) is 8.36. The predicted octanol–water partition coefficient (Wildman–Crippen LogP) is 3.60. The molecular weight excluding hydrogens is 350 g/mol. The molecule has 0 aliphatic heterocycles.